The Balaban J connectivity index is 1.97. The molecule has 6 nitrogen and oxygen atoms in total. The molecule has 0 saturated heterocycles. The topological polar surface area (TPSA) is 55.4 Å². The second-order valence-corrected chi connectivity index (χ2v) is 10.9. The molecule has 0 fully saturated rings. The first-order valence-corrected chi connectivity index (χ1v) is 13.8. The van der Waals surface area contributed by atoms with Crippen molar-refractivity contribution in [1.29, 1.82) is 0 Å². The molecule has 0 aliphatic rings. The van der Waals surface area contributed by atoms with Crippen molar-refractivity contribution in [3.63, 3.8) is 0 Å². The second-order valence-electron chi connectivity index (χ2n) is 7.05. The monoisotopic (exact) mass is 630 g/mol. The van der Waals surface area contributed by atoms with E-state index in [4.69, 9.17) is 28.4 Å². The van der Waals surface area contributed by atoms with Gasteiger partial charge < -0.3 is 28.4 Å². The van der Waals surface area contributed by atoms with Gasteiger partial charge in [0, 0.05) is 34.4 Å². The lowest BCUT2D eigenvalue weighted by Crippen LogP contribution is -2.01. The van der Waals surface area contributed by atoms with E-state index in [-0.39, 0.29) is 13.6 Å². The first-order valence-electron chi connectivity index (χ1n) is 10.5. The molecule has 0 atom stereocenters. The van der Waals surface area contributed by atoms with E-state index in [0.29, 0.717) is 13.2 Å². The van der Waals surface area contributed by atoms with E-state index < -0.39 is 0 Å². The van der Waals surface area contributed by atoms with Crippen molar-refractivity contribution < 1.29 is 28.4 Å². The number of hydrogen-bond donors (Lipinski definition) is 0. The summed E-state index contributed by atoms with van der Waals surface area (Å²) in [6.45, 7) is 5.35. The SMILES string of the molecule is CCOc1cc2sc(-c3sc4cc(OCC)c(Br)cc4c3OCOC)c(OCOC)c2cc1Br. The molecular formula is C24H24Br2O6S2. The zero-order valence-electron chi connectivity index (χ0n) is 19.2. The van der Waals surface area contributed by atoms with Crippen LogP contribution in [0.2, 0.25) is 0 Å². The number of rotatable bonds is 11. The number of ether oxygens (including phenoxy) is 6. The van der Waals surface area contributed by atoms with Gasteiger partial charge in [0.05, 0.1) is 31.9 Å². The maximum absolute atomic E-state index is 6.10. The third-order valence-corrected chi connectivity index (χ3v) is 8.51. The fraction of sp³-hybridized carbons (Fsp3) is 0.333. The molecule has 0 N–H and O–H groups in total. The Morgan fingerprint density at radius 3 is 1.41 bits per heavy atom. The minimum absolute atomic E-state index is 0.128. The highest BCUT2D eigenvalue weighted by Crippen LogP contribution is 2.55. The maximum atomic E-state index is 6.10. The molecule has 0 aliphatic heterocycles. The van der Waals surface area contributed by atoms with Gasteiger partial charge in [0.1, 0.15) is 23.0 Å². The van der Waals surface area contributed by atoms with E-state index in [2.05, 4.69) is 31.9 Å². The molecular weight excluding hydrogens is 608 g/mol. The van der Waals surface area contributed by atoms with Crippen LogP contribution < -0.4 is 18.9 Å². The number of benzene rings is 2. The summed E-state index contributed by atoms with van der Waals surface area (Å²) in [7, 11) is 3.22. The van der Waals surface area contributed by atoms with Crippen LogP contribution in [0.1, 0.15) is 13.8 Å². The molecule has 0 spiro atoms. The lowest BCUT2D eigenvalue weighted by Gasteiger charge is -2.10. The summed E-state index contributed by atoms with van der Waals surface area (Å²) in [5.74, 6) is 3.06. The highest BCUT2D eigenvalue weighted by molar-refractivity contribution is 9.11. The molecule has 4 rings (SSSR count). The Kier molecular flexibility index (Phi) is 8.60. The highest BCUT2D eigenvalue weighted by atomic mass is 79.9. The van der Waals surface area contributed by atoms with E-state index in [9.17, 15) is 0 Å². The molecule has 2 aromatic carbocycles. The average Bonchev–Trinajstić information content (AvgIpc) is 3.34. The van der Waals surface area contributed by atoms with Crippen LogP contribution >= 0.6 is 54.5 Å². The van der Waals surface area contributed by atoms with Crippen molar-refractivity contribution in [2.45, 2.75) is 13.8 Å². The Hall–Kier alpha value is -1.56. The predicted molar refractivity (Wildman–Crippen MR) is 145 cm³/mol. The van der Waals surface area contributed by atoms with Crippen molar-refractivity contribution >= 4 is 74.7 Å². The van der Waals surface area contributed by atoms with Crippen molar-refractivity contribution in [3.8, 4) is 32.8 Å². The molecule has 0 unspecified atom stereocenters. The number of fused-ring (bicyclic) bond motifs is 2. The molecule has 0 saturated carbocycles. The van der Waals surface area contributed by atoms with Crippen LogP contribution in [0.3, 0.4) is 0 Å². The van der Waals surface area contributed by atoms with Crippen LogP contribution in [0.15, 0.2) is 33.2 Å². The Morgan fingerprint density at radius 1 is 0.647 bits per heavy atom. The summed E-state index contributed by atoms with van der Waals surface area (Å²) in [6.07, 6.45) is 0. The van der Waals surface area contributed by atoms with Gasteiger partial charge in [-0.15, -0.1) is 22.7 Å². The van der Waals surface area contributed by atoms with Crippen molar-refractivity contribution in [3.05, 3.63) is 33.2 Å². The predicted octanol–water partition coefficient (Wildman–Crippen LogP) is 8.07. The van der Waals surface area contributed by atoms with E-state index in [1.54, 1.807) is 36.9 Å². The molecule has 0 amide bonds. The summed E-state index contributed by atoms with van der Waals surface area (Å²) in [5, 5.41) is 1.94. The van der Waals surface area contributed by atoms with Crippen LogP contribution in [0.4, 0.5) is 0 Å². The lowest BCUT2D eigenvalue weighted by molar-refractivity contribution is 0.0515. The zero-order chi connectivity index (χ0) is 24.2. The second kappa shape index (κ2) is 11.5. The van der Waals surface area contributed by atoms with Gasteiger partial charge in [0.15, 0.2) is 13.6 Å². The molecule has 0 aliphatic carbocycles. The Bertz CT molecular complexity index is 1200. The molecule has 4 aromatic rings. The summed E-state index contributed by atoms with van der Waals surface area (Å²) >= 11 is 10.5. The summed E-state index contributed by atoms with van der Waals surface area (Å²) < 4.78 is 38.1. The maximum Gasteiger partial charge on any atom is 0.188 e. The normalized spacial score (nSPS) is 11.4. The average molecular weight is 632 g/mol. The Labute approximate surface area is 222 Å². The number of thiophene rings is 2. The Morgan fingerprint density at radius 2 is 1.06 bits per heavy atom. The van der Waals surface area contributed by atoms with Gasteiger partial charge in [0.25, 0.3) is 0 Å². The molecule has 2 aromatic heterocycles. The summed E-state index contributed by atoms with van der Waals surface area (Å²) in [4.78, 5) is 1.91. The van der Waals surface area contributed by atoms with E-state index >= 15 is 0 Å². The van der Waals surface area contributed by atoms with Gasteiger partial charge in [0.2, 0.25) is 0 Å². The minimum atomic E-state index is 0.128. The van der Waals surface area contributed by atoms with Crippen LogP contribution in [-0.4, -0.2) is 41.0 Å². The quantitative estimate of drug-likeness (QED) is 0.156. The van der Waals surface area contributed by atoms with Crippen molar-refractivity contribution in [2.24, 2.45) is 0 Å². The van der Waals surface area contributed by atoms with Crippen LogP contribution in [-0.2, 0) is 9.47 Å². The standard InChI is InChI=1S/C24H24Br2O6S2/c1-5-29-17-9-19-13(7-15(17)25)21(31-11-27-3)23(33-19)24-22(32-12-28-4)14-8-16(26)18(30-6-2)10-20(14)34-24/h7-10H,5-6,11-12H2,1-4H3. The third kappa shape index (κ3) is 5.03. The van der Waals surface area contributed by atoms with Crippen molar-refractivity contribution in [2.75, 3.05) is 41.0 Å². The fourth-order valence-corrected chi connectivity index (χ4v) is 6.86. The first-order chi connectivity index (χ1) is 16.5. The van der Waals surface area contributed by atoms with E-state index in [1.165, 1.54) is 0 Å². The van der Waals surface area contributed by atoms with Gasteiger partial charge in [-0.2, -0.15) is 0 Å². The molecule has 2 heterocycles. The first kappa shape index (κ1) is 25.5. The van der Waals surface area contributed by atoms with E-state index in [1.807, 2.05) is 38.1 Å². The van der Waals surface area contributed by atoms with Gasteiger partial charge >= 0.3 is 0 Å². The molecule has 182 valence electrons. The van der Waals surface area contributed by atoms with Crippen molar-refractivity contribution in [1.82, 2.24) is 0 Å². The van der Waals surface area contributed by atoms with Gasteiger partial charge in [-0.1, -0.05) is 0 Å². The number of halogens is 2. The highest BCUT2D eigenvalue weighted by Gasteiger charge is 2.25. The van der Waals surface area contributed by atoms with E-state index in [0.717, 1.165) is 61.9 Å². The van der Waals surface area contributed by atoms with Crippen LogP contribution in [0.5, 0.6) is 23.0 Å². The van der Waals surface area contributed by atoms with Gasteiger partial charge in [-0.3, -0.25) is 0 Å². The number of methoxy groups -OCH3 is 2. The number of hydrogen-bond acceptors (Lipinski definition) is 8. The summed E-state index contributed by atoms with van der Waals surface area (Å²) in [6, 6.07) is 8.11. The van der Waals surface area contributed by atoms with Crippen LogP contribution in [0, 0.1) is 0 Å². The van der Waals surface area contributed by atoms with Gasteiger partial charge in [-0.05, 0) is 70.0 Å². The van der Waals surface area contributed by atoms with Crippen LogP contribution in [0.25, 0.3) is 29.9 Å². The third-order valence-electron chi connectivity index (χ3n) is 4.84. The molecule has 0 radical (unpaired) electrons. The van der Waals surface area contributed by atoms with Gasteiger partial charge in [-0.25, -0.2) is 0 Å². The minimum Gasteiger partial charge on any atom is -0.493 e. The molecule has 34 heavy (non-hydrogen) atoms. The lowest BCUT2D eigenvalue weighted by atomic mass is 10.2. The fourth-order valence-electron chi connectivity index (χ4n) is 3.50. The largest absolute Gasteiger partial charge is 0.493 e. The zero-order valence-corrected chi connectivity index (χ0v) is 24.0. The summed E-state index contributed by atoms with van der Waals surface area (Å²) in [5.41, 5.74) is 0. The molecule has 0 bridgehead atoms. The molecule has 10 heteroatoms. The smallest absolute Gasteiger partial charge is 0.188 e.